The number of carboxylic acids is 1. The Labute approximate surface area is 152 Å². The van der Waals surface area contributed by atoms with Crippen molar-refractivity contribution < 1.29 is 23.1 Å². The van der Waals surface area contributed by atoms with E-state index in [1.807, 2.05) is 0 Å². The second-order valence-electron chi connectivity index (χ2n) is 6.67. The maximum Gasteiger partial charge on any atom is 0.309 e. The molecule has 0 unspecified atom stereocenters. The number of hydrogen-bond acceptors (Lipinski definition) is 4. The van der Waals surface area contributed by atoms with Crippen LogP contribution in [0.15, 0.2) is 23.1 Å². The lowest BCUT2D eigenvalue weighted by Crippen LogP contribution is -2.30. The first kappa shape index (κ1) is 19.7. The van der Waals surface area contributed by atoms with Gasteiger partial charge < -0.3 is 10.4 Å². The lowest BCUT2D eigenvalue weighted by molar-refractivity contribution is -0.148. The van der Waals surface area contributed by atoms with Crippen LogP contribution in [0, 0.1) is 5.41 Å². The Morgan fingerprint density at radius 2 is 1.88 bits per heavy atom. The number of hydrogen-bond donors (Lipinski definition) is 2. The first-order valence-electron chi connectivity index (χ1n) is 7.87. The third kappa shape index (κ3) is 4.50. The van der Waals surface area contributed by atoms with Crippen molar-refractivity contribution in [3.8, 4) is 0 Å². The van der Waals surface area contributed by atoms with Crippen molar-refractivity contribution in [3.63, 3.8) is 0 Å². The average Bonchev–Trinajstić information content (AvgIpc) is 3.03. The Kier molecular flexibility index (Phi) is 5.75. The highest BCUT2D eigenvalue weighted by molar-refractivity contribution is 7.89. The second kappa shape index (κ2) is 7.31. The van der Waals surface area contributed by atoms with Crippen molar-refractivity contribution in [1.82, 2.24) is 4.31 Å². The standard InChI is InChI=1S/C16H21ClN2O5S/c1-16(2,15(21)22)10-14(20)18-11-5-6-12(17)13(9-11)25(23,24)19-7-3-4-8-19/h5-6,9H,3-4,7-8,10H2,1-2H3,(H,18,20)(H,21,22). The summed E-state index contributed by atoms with van der Waals surface area (Å²) in [6, 6.07) is 4.20. The van der Waals surface area contributed by atoms with E-state index in [-0.39, 0.29) is 22.0 Å². The highest BCUT2D eigenvalue weighted by Gasteiger charge is 2.31. The van der Waals surface area contributed by atoms with E-state index in [1.54, 1.807) is 0 Å². The van der Waals surface area contributed by atoms with Gasteiger partial charge in [-0.15, -0.1) is 0 Å². The molecule has 0 aromatic heterocycles. The van der Waals surface area contributed by atoms with E-state index in [4.69, 9.17) is 16.7 Å². The number of anilines is 1. The molecule has 25 heavy (non-hydrogen) atoms. The minimum absolute atomic E-state index is 0.0636. The molecule has 1 aliphatic heterocycles. The summed E-state index contributed by atoms with van der Waals surface area (Å²) < 4.78 is 26.7. The third-order valence-corrected chi connectivity index (χ3v) is 6.46. The number of carboxylic acid groups (broad SMARTS) is 1. The molecule has 0 aliphatic carbocycles. The second-order valence-corrected chi connectivity index (χ2v) is 8.98. The molecule has 9 heteroatoms. The van der Waals surface area contributed by atoms with Crippen LogP contribution in [0.25, 0.3) is 0 Å². The van der Waals surface area contributed by atoms with E-state index >= 15 is 0 Å². The number of carbonyl (C=O) groups excluding carboxylic acids is 1. The fraction of sp³-hybridized carbons (Fsp3) is 0.500. The number of aliphatic carboxylic acids is 1. The lowest BCUT2D eigenvalue weighted by Gasteiger charge is -2.19. The van der Waals surface area contributed by atoms with Crippen LogP contribution in [-0.4, -0.2) is 42.8 Å². The van der Waals surface area contributed by atoms with E-state index in [1.165, 1.54) is 36.4 Å². The minimum Gasteiger partial charge on any atom is -0.481 e. The Balaban J connectivity index is 2.21. The van der Waals surface area contributed by atoms with Crippen LogP contribution in [0.1, 0.15) is 33.1 Å². The van der Waals surface area contributed by atoms with Gasteiger partial charge in [-0.2, -0.15) is 4.31 Å². The summed E-state index contributed by atoms with van der Waals surface area (Å²) in [5, 5.41) is 11.7. The summed E-state index contributed by atoms with van der Waals surface area (Å²) in [6.07, 6.45) is 1.37. The molecule has 0 radical (unpaired) electrons. The SMILES string of the molecule is CC(C)(CC(=O)Nc1ccc(Cl)c(S(=O)(=O)N2CCCC2)c1)C(=O)O. The van der Waals surface area contributed by atoms with Crippen LogP contribution in [0.2, 0.25) is 5.02 Å². The normalized spacial score (nSPS) is 16.0. The third-order valence-electron chi connectivity index (χ3n) is 4.08. The van der Waals surface area contributed by atoms with E-state index < -0.39 is 27.3 Å². The molecule has 1 saturated heterocycles. The molecule has 1 aliphatic rings. The minimum atomic E-state index is -3.72. The fourth-order valence-corrected chi connectivity index (χ4v) is 4.55. The summed E-state index contributed by atoms with van der Waals surface area (Å²) >= 11 is 6.05. The predicted octanol–water partition coefficient (Wildman–Crippen LogP) is 2.56. The van der Waals surface area contributed by atoms with Gasteiger partial charge in [-0.05, 0) is 44.9 Å². The van der Waals surface area contributed by atoms with Gasteiger partial charge in [0.05, 0.1) is 10.4 Å². The van der Waals surface area contributed by atoms with Gasteiger partial charge in [-0.3, -0.25) is 9.59 Å². The molecule has 1 aromatic rings. The summed E-state index contributed by atoms with van der Waals surface area (Å²) in [7, 11) is -3.72. The molecule has 7 nitrogen and oxygen atoms in total. The van der Waals surface area contributed by atoms with Gasteiger partial charge in [0.1, 0.15) is 4.90 Å². The van der Waals surface area contributed by atoms with Gasteiger partial charge >= 0.3 is 5.97 Å². The maximum absolute atomic E-state index is 12.7. The molecular weight excluding hydrogens is 368 g/mol. The largest absolute Gasteiger partial charge is 0.481 e. The van der Waals surface area contributed by atoms with Crippen LogP contribution in [0.3, 0.4) is 0 Å². The summed E-state index contributed by atoms with van der Waals surface area (Å²) in [5.74, 6) is -1.60. The number of nitrogens with zero attached hydrogens (tertiary/aromatic N) is 1. The predicted molar refractivity (Wildman–Crippen MR) is 94.1 cm³/mol. The van der Waals surface area contributed by atoms with Crippen molar-refractivity contribution in [2.24, 2.45) is 5.41 Å². The molecule has 0 saturated carbocycles. The Hall–Kier alpha value is -1.64. The van der Waals surface area contributed by atoms with Crippen molar-refractivity contribution in [2.75, 3.05) is 18.4 Å². The number of benzene rings is 1. The Morgan fingerprint density at radius 1 is 1.28 bits per heavy atom. The summed E-state index contributed by atoms with van der Waals surface area (Å²) in [5.41, 5.74) is -0.964. The van der Waals surface area contributed by atoms with Gasteiger partial charge in [0, 0.05) is 25.2 Å². The summed E-state index contributed by atoms with van der Waals surface area (Å²) in [6.45, 7) is 3.78. The topological polar surface area (TPSA) is 104 Å². The van der Waals surface area contributed by atoms with Gasteiger partial charge in [0.2, 0.25) is 15.9 Å². The van der Waals surface area contributed by atoms with Crippen LogP contribution in [0.4, 0.5) is 5.69 Å². The molecule has 1 heterocycles. The quantitative estimate of drug-likeness (QED) is 0.779. The van der Waals surface area contributed by atoms with Crippen LogP contribution in [0.5, 0.6) is 0 Å². The van der Waals surface area contributed by atoms with Crippen molar-refractivity contribution in [1.29, 1.82) is 0 Å². The molecule has 0 atom stereocenters. The smallest absolute Gasteiger partial charge is 0.309 e. The zero-order valence-corrected chi connectivity index (χ0v) is 15.7. The van der Waals surface area contributed by atoms with Crippen molar-refractivity contribution in [3.05, 3.63) is 23.2 Å². The molecule has 1 fully saturated rings. The number of halogens is 1. The van der Waals surface area contributed by atoms with E-state index in [2.05, 4.69) is 5.32 Å². The molecule has 0 bridgehead atoms. The number of rotatable bonds is 6. The molecule has 0 spiro atoms. The first-order chi connectivity index (χ1) is 11.5. The van der Waals surface area contributed by atoms with Crippen molar-refractivity contribution in [2.45, 2.75) is 38.0 Å². The molecule has 2 N–H and O–H groups in total. The number of nitrogens with one attached hydrogen (secondary N) is 1. The molecule has 1 aromatic carbocycles. The molecule has 1 amide bonds. The number of carbonyl (C=O) groups is 2. The zero-order chi connectivity index (χ0) is 18.8. The van der Waals surface area contributed by atoms with Crippen LogP contribution >= 0.6 is 11.6 Å². The molecule has 2 rings (SSSR count). The monoisotopic (exact) mass is 388 g/mol. The van der Waals surface area contributed by atoms with E-state index in [0.29, 0.717) is 13.1 Å². The van der Waals surface area contributed by atoms with Crippen LogP contribution < -0.4 is 5.32 Å². The van der Waals surface area contributed by atoms with Gasteiger partial charge in [-0.1, -0.05) is 11.6 Å². The average molecular weight is 389 g/mol. The molecule has 138 valence electrons. The summed E-state index contributed by atoms with van der Waals surface area (Å²) in [4.78, 5) is 23.1. The number of amides is 1. The van der Waals surface area contributed by atoms with Gasteiger partial charge in [0.25, 0.3) is 0 Å². The maximum atomic E-state index is 12.7. The highest BCUT2D eigenvalue weighted by Crippen LogP contribution is 2.30. The molecular formula is C16H21ClN2O5S. The van der Waals surface area contributed by atoms with Gasteiger partial charge in [0.15, 0.2) is 0 Å². The Bertz CT molecular complexity index is 786. The zero-order valence-electron chi connectivity index (χ0n) is 14.1. The van der Waals surface area contributed by atoms with Crippen molar-refractivity contribution >= 4 is 39.2 Å². The first-order valence-corrected chi connectivity index (χ1v) is 9.69. The van der Waals surface area contributed by atoms with Gasteiger partial charge in [-0.25, -0.2) is 8.42 Å². The fourth-order valence-electron chi connectivity index (χ4n) is 2.53. The van der Waals surface area contributed by atoms with E-state index in [0.717, 1.165) is 12.8 Å². The highest BCUT2D eigenvalue weighted by atomic mass is 35.5. The number of sulfonamides is 1. The van der Waals surface area contributed by atoms with E-state index in [9.17, 15) is 18.0 Å². The van der Waals surface area contributed by atoms with Crippen LogP contribution in [-0.2, 0) is 19.6 Å². The lowest BCUT2D eigenvalue weighted by atomic mass is 9.89. The Morgan fingerprint density at radius 3 is 2.44 bits per heavy atom.